The Morgan fingerprint density at radius 3 is 2.55 bits per heavy atom. The zero-order valence-electron chi connectivity index (χ0n) is 17.9. The molecule has 2 heterocycles. The number of hydrogen-bond acceptors (Lipinski definition) is 3. The van der Waals surface area contributed by atoms with Gasteiger partial charge in [0, 0.05) is 38.4 Å². The third kappa shape index (κ3) is 4.47. The Hall–Kier alpha value is -2.40. The molecule has 2 atom stereocenters. The zero-order chi connectivity index (χ0) is 22.2. The fourth-order valence-corrected chi connectivity index (χ4v) is 5.12. The molecule has 6 nitrogen and oxygen atoms in total. The van der Waals surface area contributed by atoms with Crippen LogP contribution in [0.15, 0.2) is 18.2 Å². The molecule has 0 radical (unpaired) electrons. The quantitative estimate of drug-likeness (QED) is 0.406. The van der Waals surface area contributed by atoms with Gasteiger partial charge in [0.25, 0.3) is 0 Å². The van der Waals surface area contributed by atoms with Crippen LogP contribution in [0.5, 0.6) is 0 Å². The summed E-state index contributed by atoms with van der Waals surface area (Å²) >= 11 is 0. The molecule has 2 amide bonds. The summed E-state index contributed by atoms with van der Waals surface area (Å²) < 4.78 is 40.7. The lowest BCUT2D eigenvalue weighted by atomic mass is 9.86. The molecule has 0 unspecified atom stereocenters. The molecule has 3 aliphatic rings. The van der Waals surface area contributed by atoms with Crippen LogP contribution < -0.4 is 0 Å². The lowest BCUT2D eigenvalue weighted by molar-refractivity contribution is -0.408. The van der Waals surface area contributed by atoms with Gasteiger partial charge in [-0.15, -0.1) is 3.98 Å². The molecule has 1 aromatic carbocycles. The van der Waals surface area contributed by atoms with Crippen LogP contribution in [0.3, 0.4) is 0 Å². The molecule has 0 aromatic heterocycles. The van der Waals surface area contributed by atoms with Crippen LogP contribution in [0.25, 0.3) is 0 Å². The fourth-order valence-electron chi connectivity index (χ4n) is 4.38. The van der Waals surface area contributed by atoms with E-state index in [0.717, 1.165) is 29.5 Å². The van der Waals surface area contributed by atoms with Gasteiger partial charge in [-0.05, 0) is 30.9 Å². The number of carbonyl (C=O) groups excluding carboxylic acids is 1. The van der Waals surface area contributed by atoms with E-state index in [1.54, 1.807) is 28.0 Å². The Kier molecular flexibility index (Phi) is 6.07. The first-order valence-electron chi connectivity index (χ1n) is 10.9. The van der Waals surface area contributed by atoms with Gasteiger partial charge in [-0.25, -0.2) is 9.18 Å². The van der Waals surface area contributed by atoms with Gasteiger partial charge >= 0.3 is 16.1 Å². The second-order valence-corrected chi connectivity index (χ2v) is 10.7. The molecular formula is C23H29FN3O3S+. The van der Waals surface area contributed by atoms with Crippen molar-refractivity contribution in [3.63, 3.8) is 0 Å². The smallest absolute Gasteiger partial charge is 0.325 e. The van der Waals surface area contributed by atoms with Gasteiger partial charge in [0.2, 0.25) is 0 Å². The van der Waals surface area contributed by atoms with Crippen molar-refractivity contribution in [1.29, 1.82) is 0 Å². The van der Waals surface area contributed by atoms with Crippen LogP contribution in [0.2, 0.25) is 0 Å². The van der Waals surface area contributed by atoms with Crippen LogP contribution in [-0.2, 0) is 16.4 Å². The maximum Gasteiger partial charge on any atom is 0.361 e. The van der Waals surface area contributed by atoms with Gasteiger partial charge in [0.15, 0.2) is 6.04 Å². The maximum absolute atomic E-state index is 15.3. The largest absolute Gasteiger partial charge is 0.361 e. The van der Waals surface area contributed by atoms with Gasteiger partial charge in [0.1, 0.15) is 18.6 Å². The van der Waals surface area contributed by atoms with Gasteiger partial charge in [-0.3, -0.25) is 0 Å². The second kappa shape index (κ2) is 8.62. The first kappa shape index (κ1) is 21.8. The summed E-state index contributed by atoms with van der Waals surface area (Å²) in [7, 11) is -3.55. The van der Waals surface area contributed by atoms with Crippen molar-refractivity contribution < 1.29 is 21.6 Å². The summed E-state index contributed by atoms with van der Waals surface area (Å²) in [5.41, 5.74) is 0.801. The van der Waals surface area contributed by atoms with Crippen LogP contribution in [-0.4, -0.2) is 72.9 Å². The molecule has 8 heteroatoms. The highest BCUT2D eigenvalue weighted by Gasteiger charge is 2.47. The number of sulfonamides is 1. The van der Waals surface area contributed by atoms with Gasteiger partial charge in [-0.1, -0.05) is 30.4 Å². The van der Waals surface area contributed by atoms with Crippen molar-refractivity contribution in [1.82, 2.24) is 9.80 Å². The molecule has 3 fully saturated rings. The number of rotatable bonds is 4. The average molecular weight is 447 g/mol. The van der Waals surface area contributed by atoms with E-state index in [-0.39, 0.29) is 18.3 Å². The second-order valence-electron chi connectivity index (χ2n) is 8.77. The van der Waals surface area contributed by atoms with Crippen LogP contribution in [0.1, 0.15) is 43.2 Å². The van der Waals surface area contributed by atoms with Crippen LogP contribution in [0, 0.1) is 23.6 Å². The predicted molar refractivity (Wildman–Crippen MR) is 117 cm³/mol. The Balaban J connectivity index is 1.61. The van der Waals surface area contributed by atoms with Crippen LogP contribution in [0.4, 0.5) is 9.18 Å². The zero-order valence-corrected chi connectivity index (χ0v) is 18.7. The summed E-state index contributed by atoms with van der Waals surface area (Å²) in [6.07, 6.45) is 6.07. The lowest BCUT2D eigenvalue weighted by Gasteiger charge is -2.37. The minimum atomic E-state index is -3.55. The molecule has 31 heavy (non-hydrogen) atoms. The first-order chi connectivity index (χ1) is 14.8. The Bertz CT molecular complexity index is 1050. The van der Waals surface area contributed by atoms with E-state index in [1.807, 2.05) is 0 Å². The third-order valence-electron chi connectivity index (χ3n) is 6.70. The van der Waals surface area contributed by atoms with Gasteiger partial charge in [-0.2, -0.15) is 8.42 Å². The highest BCUT2D eigenvalue weighted by Crippen LogP contribution is 2.29. The first-order valence-corrected chi connectivity index (χ1v) is 12.7. The van der Waals surface area contributed by atoms with E-state index in [9.17, 15) is 13.2 Å². The molecule has 2 saturated heterocycles. The average Bonchev–Trinajstić information content (AvgIpc) is 3.03. The van der Waals surface area contributed by atoms with Crippen molar-refractivity contribution in [2.75, 3.05) is 25.9 Å². The number of urea groups is 1. The molecule has 2 aliphatic heterocycles. The topological polar surface area (TPSA) is 60.7 Å². The van der Waals surface area contributed by atoms with E-state index in [1.165, 1.54) is 6.42 Å². The standard InChI is InChI=1S/C23H29FN3O3S/c1-25(31(2,29)30)20-12-15-27(23(28)26-13-5-14-26)21(20)16-19-9-4-8-18(22(19)24)11-10-17-6-3-7-17/h4,8-9,17,20-21H,1,3,5-7,12-16H2,2H3/q+1/t20-,21-/m0/s1. The van der Waals surface area contributed by atoms with E-state index in [2.05, 4.69) is 18.6 Å². The Morgan fingerprint density at radius 1 is 1.23 bits per heavy atom. The fraction of sp³-hybridized carbons (Fsp3) is 0.565. The molecular weight excluding hydrogens is 417 g/mol. The summed E-state index contributed by atoms with van der Waals surface area (Å²) in [5.74, 6) is 6.08. The number of nitrogens with zero attached hydrogens (tertiary/aromatic N) is 3. The van der Waals surface area contributed by atoms with E-state index in [0.29, 0.717) is 43.1 Å². The number of likely N-dealkylation sites (tertiary alicyclic amines) is 2. The normalized spacial score (nSPS) is 23.5. The lowest BCUT2D eigenvalue weighted by Crippen LogP contribution is -2.54. The molecule has 1 aromatic rings. The summed E-state index contributed by atoms with van der Waals surface area (Å²) in [6.45, 7) is 5.57. The van der Waals surface area contributed by atoms with Gasteiger partial charge in [0.05, 0.1) is 11.8 Å². The Labute approximate surface area is 183 Å². The monoisotopic (exact) mass is 446 g/mol. The van der Waals surface area contributed by atoms with Crippen molar-refractivity contribution in [3.05, 3.63) is 35.1 Å². The number of hydrogen-bond donors (Lipinski definition) is 0. The number of amides is 2. The van der Waals surface area contributed by atoms with Crippen molar-refractivity contribution >= 4 is 22.8 Å². The highest BCUT2D eigenvalue weighted by atomic mass is 32.2. The minimum Gasteiger partial charge on any atom is -0.325 e. The Morgan fingerprint density at radius 2 is 1.97 bits per heavy atom. The number of benzene rings is 1. The molecule has 1 saturated carbocycles. The van der Waals surface area contributed by atoms with Gasteiger partial charge < -0.3 is 9.80 Å². The number of carbonyl (C=O) groups is 1. The molecule has 4 rings (SSSR count). The molecule has 0 bridgehead atoms. The molecule has 0 spiro atoms. The number of halogens is 1. The van der Waals surface area contributed by atoms with Crippen molar-refractivity contribution in [2.24, 2.45) is 5.92 Å². The SMILES string of the molecule is C=[N+]([C@H]1CCN(C(=O)N2CCC2)[C@H]1Cc1cccc(C#CC2CCC2)c1F)S(C)(=O)=O. The van der Waals surface area contributed by atoms with E-state index >= 15 is 4.39 Å². The van der Waals surface area contributed by atoms with E-state index in [4.69, 9.17) is 0 Å². The molecule has 0 N–H and O–H groups in total. The summed E-state index contributed by atoms with van der Waals surface area (Å²) in [4.78, 5) is 16.4. The summed E-state index contributed by atoms with van der Waals surface area (Å²) in [6, 6.07) is 4.05. The predicted octanol–water partition coefficient (Wildman–Crippen LogP) is 2.46. The van der Waals surface area contributed by atoms with Crippen LogP contribution >= 0.6 is 0 Å². The molecule has 166 valence electrons. The third-order valence-corrected chi connectivity index (χ3v) is 7.83. The van der Waals surface area contributed by atoms with Crippen molar-refractivity contribution in [2.45, 2.75) is 50.6 Å². The highest BCUT2D eigenvalue weighted by molar-refractivity contribution is 7.84. The minimum absolute atomic E-state index is 0.109. The van der Waals surface area contributed by atoms with Crippen molar-refractivity contribution in [3.8, 4) is 11.8 Å². The molecule has 1 aliphatic carbocycles. The maximum atomic E-state index is 15.3. The summed E-state index contributed by atoms with van der Waals surface area (Å²) in [5, 5.41) is 0. The van der Waals surface area contributed by atoms with E-state index < -0.39 is 22.1 Å².